The molecule has 8 heteroatoms. The van der Waals surface area contributed by atoms with Gasteiger partial charge >= 0.3 is 0 Å². The first-order chi connectivity index (χ1) is 13.7. The molecule has 0 spiro atoms. The molecule has 1 aliphatic heterocycles. The molecule has 4 aromatic rings. The number of carbonyl (C=O) groups excluding carboxylic acids is 1. The molecule has 5 rings (SSSR count). The van der Waals surface area contributed by atoms with Crippen LogP contribution in [-0.4, -0.2) is 15.7 Å². The van der Waals surface area contributed by atoms with E-state index in [1.807, 2.05) is 66.0 Å². The number of rotatable bonds is 3. The zero-order valence-electron chi connectivity index (χ0n) is 14.5. The second-order valence-electron chi connectivity index (χ2n) is 6.11. The predicted octanol–water partition coefficient (Wildman–Crippen LogP) is 4.98. The molecule has 0 atom stereocenters. The van der Waals surface area contributed by atoms with E-state index in [1.54, 1.807) is 28.0 Å². The van der Waals surface area contributed by atoms with E-state index >= 15 is 0 Å². The third-order valence-electron chi connectivity index (χ3n) is 4.34. The summed E-state index contributed by atoms with van der Waals surface area (Å²) in [7, 11) is 0. The molecule has 2 aromatic heterocycles. The molecule has 1 amide bonds. The van der Waals surface area contributed by atoms with Gasteiger partial charge in [-0.3, -0.25) is 15.1 Å². The molecule has 0 bridgehead atoms. The Bertz CT molecular complexity index is 1180. The fourth-order valence-corrected chi connectivity index (χ4v) is 5.73. The Kier molecular flexibility index (Phi) is 4.38. The highest BCUT2D eigenvalue weighted by atomic mass is 32.2. The fourth-order valence-electron chi connectivity index (χ4n) is 3.10. The quantitative estimate of drug-likeness (QED) is 0.506. The van der Waals surface area contributed by atoms with Crippen LogP contribution < -0.4 is 9.70 Å². The van der Waals surface area contributed by atoms with Gasteiger partial charge in [0.05, 0.1) is 16.3 Å². The van der Waals surface area contributed by atoms with Crippen LogP contribution in [0.15, 0.2) is 75.8 Å². The molecule has 1 aliphatic rings. The number of fused-ring (bicyclic) bond motifs is 2. The van der Waals surface area contributed by atoms with Crippen molar-refractivity contribution < 1.29 is 4.79 Å². The van der Waals surface area contributed by atoms with Crippen LogP contribution >= 0.6 is 34.4 Å². The van der Waals surface area contributed by atoms with Gasteiger partial charge in [0.25, 0.3) is 5.91 Å². The number of anilines is 2. The third-order valence-corrected chi connectivity index (χ3v) is 7.37. The number of benzene rings is 2. The van der Waals surface area contributed by atoms with Crippen molar-refractivity contribution in [2.24, 2.45) is 0 Å². The van der Waals surface area contributed by atoms with E-state index in [0.29, 0.717) is 0 Å². The number of nitrogens with one attached hydrogen (secondary N) is 1. The lowest BCUT2D eigenvalue weighted by atomic mass is 10.2. The third kappa shape index (κ3) is 2.99. The van der Waals surface area contributed by atoms with Crippen molar-refractivity contribution in [2.45, 2.75) is 16.3 Å². The Morgan fingerprint density at radius 2 is 1.64 bits per heavy atom. The van der Waals surface area contributed by atoms with Crippen molar-refractivity contribution in [1.29, 1.82) is 5.41 Å². The maximum absolute atomic E-state index is 13.3. The van der Waals surface area contributed by atoms with Gasteiger partial charge in [-0.15, -0.1) is 11.3 Å². The topological polar surface area (TPSA) is 62.0 Å². The minimum Gasteiger partial charge on any atom is -0.277 e. The van der Waals surface area contributed by atoms with E-state index in [9.17, 15) is 4.79 Å². The number of thiophene rings is 1. The van der Waals surface area contributed by atoms with Crippen molar-refractivity contribution in [3.05, 3.63) is 70.8 Å². The van der Waals surface area contributed by atoms with E-state index in [2.05, 4.69) is 5.10 Å². The first kappa shape index (κ1) is 17.4. The molecule has 28 heavy (non-hydrogen) atoms. The van der Waals surface area contributed by atoms with Gasteiger partial charge in [0.2, 0.25) is 4.80 Å². The van der Waals surface area contributed by atoms with Gasteiger partial charge < -0.3 is 0 Å². The molecule has 0 fully saturated rings. The summed E-state index contributed by atoms with van der Waals surface area (Å²) in [6, 6.07) is 19.7. The first-order valence-corrected chi connectivity index (χ1v) is 11.1. The molecule has 5 nitrogen and oxygen atoms in total. The zero-order valence-corrected chi connectivity index (χ0v) is 17.0. The lowest BCUT2D eigenvalue weighted by molar-refractivity contribution is -0.118. The Balaban J connectivity index is 1.52. The molecule has 3 heterocycles. The fraction of sp³-hybridized carbons (Fsp3) is 0.0500. The van der Waals surface area contributed by atoms with Crippen molar-refractivity contribution in [2.75, 3.05) is 4.90 Å². The van der Waals surface area contributed by atoms with Crippen LogP contribution in [-0.2, 0) is 11.3 Å². The minimum atomic E-state index is -0.110. The molecule has 0 saturated carbocycles. The minimum absolute atomic E-state index is 0.0219. The number of amides is 1. The highest BCUT2D eigenvalue weighted by Gasteiger charge is 2.28. The van der Waals surface area contributed by atoms with Crippen LogP contribution in [0.1, 0.15) is 0 Å². The van der Waals surface area contributed by atoms with Crippen molar-refractivity contribution in [3.63, 3.8) is 0 Å². The SMILES string of the molecule is N=c1sc(-c2cccs2)nn1CC(=O)N1c2ccccc2Sc2ccccc21. The van der Waals surface area contributed by atoms with Gasteiger partial charge in [-0.25, -0.2) is 4.68 Å². The van der Waals surface area contributed by atoms with E-state index in [4.69, 9.17) is 5.41 Å². The van der Waals surface area contributed by atoms with Crippen molar-refractivity contribution in [3.8, 4) is 9.88 Å². The summed E-state index contributed by atoms with van der Waals surface area (Å²) in [5.74, 6) is -0.110. The summed E-state index contributed by atoms with van der Waals surface area (Å²) in [6.07, 6.45) is 0. The zero-order chi connectivity index (χ0) is 19.1. The molecule has 0 unspecified atom stereocenters. The maximum Gasteiger partial charge on any atom is 0.253 e. The number of hydrogen-bond donors (Lipinski definition) is 1. The summed E-state index contributed by atoms with van der Waals surface area (Å²) < 4.78 is 1.48. The van der Waals surface area contributed by atoms with Gasteiger partial charge in [-0.2, -0.15) is 5.10 Å². The van der Waals surface area contributed by atoms with Gasteiger partial charge in [0, 0.05) is 9.79 Å². The van der Waals surface area contributed by atoms with Crippen LogP contribution in [0, 0.1) is 5.41 Å². The highest BCUT2D eigenvalue weighted by Crippen LogP contribution is 2.47. The lowest BCUT2D eigenvalue weighted by Crippen LogP contribution is -2.34. The number of carbonyl (C=O) groups is 1. The van der Waals surface area contributed by atoms with Crippen LogP contribution in [0.25, 0.3) is 9.88 Å². The Labute approximate surface area is 173 Å². The summed E-state index contributed by atoms with van der Waals surface area (Å²) in [5.41, 5.74) is 1.74. The van der Waals surface area contributed by atoms with Gasteiger partial charge in [-0.05, 0) is 35.7 Å². The summed E-state index contributed by atoms with van der Waals surface area (Å²) in [4.78, 5) is 18.4. The Hall–Kier alpha value is -2.68. The second-order valence-corrected chi connectivity index (χ2v) is 9.12. The number of para-hydroxylation sites is 2. The molecule has 2 aromatic carbocycles. The van der Waals surface area contributed by atoms with E-state index < -0.39 is 0 Å². The number of aromatic nitrogens is 2. The Morgan fingerprint density at radius 1 is 0.964 bits per heavy atom. The average Bonchev–Trinajstić information content (AvgIpc) is 3.36. The lowest BCUT2D eigenvalue weighted by Gasteiger charge is -2.30. The van der Waals surface area contributed by atoms with Crippen LogP contribution in [0.4, 0.5) is 11.4 Å². The molecule has 138 valence electrons. The maximum atomic E-state index is 13.3. The predicted molar refractivity (Wildman–Crippen MR) is 113 cm³/mol. The first-order valence-electron chi connectivity index (χ1n) is 8.56. The van der Waals surface area contributed by atoms with Crippen molar-refractivity contribution >= 4 is 51.7 Å². The van der Waals surface area contributed by atoms with Gasteiger partial charge in [0.1, 0.15) is 6.54 Å². The standard InChI is InChI=1S/C20H14N4OS3/c21-20-23(22-19(28-20)17-10-5-11-26-17)12-18(25)24-13-6-1-3-8-15(13)27-16-9-4-2-7-14(16)24/h1-11,21H,12H2. The molecular weight excluding hydrogens is 408 g/mol. The van der Waals surface area contributed by atoms with Crippen molar-refractivity contribution in [1.82, 2.24) is 9.78 Å². The second kappa shape index (κ2) is 7.05. The average molecular weight is 423 g/mol. The number of nitrogens with zero attached hydrogens (tertiary/aromatic N) is 3. The van der Waals surface area contributed by atoms with Crippen LogP contribution in [0.5, 0.6) is 0 Å². The Morgan fingerprint density at radius 3 is 2.29 bits per heavy atom. The molecule has 0 aliphatic carbocycles. The normalized spacial score (nSPS) is 12.5. The van der Waals surface area contributed by atoms with E-state index in [-0.39, 0.29) is 17.3 Å². The van der Waals surface area contributed by atoms with E-state index in [0.717, 1.165) is 31.1 Å². The highest BCUT2D eigenvalue weighted by molar-refractivity contribution is 7.99. The molecule has 0 saturated heterocycles. The largest absolute Gasteiger partial charge is 0.277 e. The molecular formula is C20H14N4OS3. The van der Waals surface area contributed by atoms with Gasteiger partial charge in [0.15, 0.2) is 5.01 Å². The molecule has 0 radical (unpaired) electrons. The monoisotopic (exact) mass is 422 g/mol. The molecule has 1 N–H and O–H groups in total. The number of hydrogen-bond acceptors (Lipinski definition) is 6. The smallest absolute Gasteiger partial charge is 0.253 e. The van der Waals surface area contributed by atoms with Crippen LogP contribution in [0.3, 0.4) is 0 Å². The summed E-state index contributed by atoms with van der Waals surface area (Å²) in [6.45, 7) is 0.0219. The summed E-state index contributed by atoms with van der Waals surface area (Å²) in [5, 5.41) is 15.5. The van der Waals surface area contributed by atoms with Crippen LogP contribution in [0.2, 0.25) is 0 Å². The summed E-state index contributed by atoms with van der Waals surface area (Å²) >= 11 is 4.53. The van der Waals surface area contributed by atoms with Gasteiger partial charge in [-0.1, -0.05) is 53.4 Å². The van der Waals surface area contributed by atoms with E-state index in [1.165, 1.54) is 16.0 Å².